The van der Waals surface area contributed by atoms with E-state index in [1.54, 1.807) is 13.8 Å². The molecule has 1 aliphatic rings. The Labute approximate surface area is 193 Å². The Morgan fingerprint density at radius 1 is 1.15 bits per heavy atom. The number of carbonyl (C=O) groups excluding carboxylic acids is 2. The van der Waals surface area contributed by atoms with E-state index in [9.17, 15) is 40.0 Å². The fourth-order valence-corrected chi connectivity index (χ4v) is 6.37. The summed E-state index contributed by atoms with van der Waals surface area (Å²) in [6.45, 7) is 8.44. The molecule has 0 heterocycles. The average Bonchev–Trinajstić information content (AvgIpc) is 2.89. The minimum atomic E-state index is -6.63. The first kappa shape index (κ1) is 30.1. The van der Waals surface area contributed by atoms with Crippen molar-refractivity contribution in [3.05, 3.63) is 24.8 Å². The Morgan fingerprint density at radius 3 is 2.03 bits per heavy atom. The number of carbonyl (C=O) groups is 2. The van der Waals surface area contributed by atoms with Crippen LogP contribution in [0.4, 0.5) is 30.7 Å². The van der Waals surface area contributed by atoms with E-state index in [1.165, 1.54) is 6.92 Å². The molecule has 0 aromatic heterocycles. The SMILES string of the molecule is C=CCC(F)(C(F)(/C=C/C)C(=O)NS(=O)(=O)CC1(CC)C(=O)CCC1(C)C)C(F)(F)C(F)(F)F. The van der Waals surface area contributed by atoms with E-state index in [1.807, 2.05) is 0 Å². The number of rotatable bonds is 10. The first-order chi connectivity index (χ1) is 15.1. The summed E-state index contributed by atoms with van der Waals surface area (Å²) in [4.78, 5) is 25.1. The maximum atomic E-state index is 15.7. The van der Waals surface area contributed by atoms with Crippen molar-refractivity contribution in [3.8, 4) is 0 Å². The molecule has 3 unspecified atom stereocenters. The predicted octanol–water partition coefficient (Wildman–Crippen LogP) is 4.98. The van der Waals surface area contributed by atoms with Gasteiger partial charge in [0.25, 0.3) is 5.91 Å². The van der Waals surface area contributed by atoms with Gasteiger partial charge in [-0.25, -0.2) is 21.9 Å². The van der Waals surface area contributed by atoms with Gasteiger partial charge in [-0.05, 0) is 31.3 Å². The van der Waals surface area contributed by atoms with Crippen LogP contribution in [-0.4, -0.2) is 49.3 Å². The van der Waals surface area contributed by atoms with Crippen molar-refractivity contribution in [2.24, 2.45) is 10.8 Å². The summed E-state index contributed by atoms with van der Waals surface area (Å²) in [5, 5.41) is 0. The van der Waals surface area contributed by atoms with Crippen molar-refractivity contribution in [3.63, 3.8) is 0 Å². The van der Waals surface area contributed by atoms with Crippen molar-refractivity contribution in [1.29, 1.82) is 0 Å². The Kier molecular flexibility index (Phi) is 8.21. The molecule has 0 radical (unpaired) electrons. The maximum absolute atomic E-state index is 15.7. The zero-order valence-electron chi connectivity index (χ0n) is 19.2. The second kappa shape index (κ2) is 9.27. The lowest BCUT2D eigenvalue weighted by Gasteiger charge is -2.42. The molecular formula is C21H28F7NO4S. The third-order valence-electron chi connectivity index (χ3n) is 6.68. The molecule has 1 saturated carbocycles. The minimum absolute atomic E-state index is 0.0145. The molecule has 1 N–H and O–H groups in total. The first-order valence-corrected chi connectivity index (χ1v) is 12.0. The topological polar surface area (TPSA) is 80.3 Å². The largest absolute Gasteiger partial charge is 0.456 e. The van der Waals surface area contributed by atoms with Gasteiger partial charge >= 0.3 is 12.1 Å². The van der Waals surface area contributed by atoms with E-state index >= 15 is 8.78 Å². The highest BCUT2D eigenvalue weighted by atomic mass is 32.2. The van der Waals surface area contributed by atoms with Gasteiger partial charge in [-0.2, -0.15) is 22.0 Å². The third kappa shape index (κ3) is 4.64. The van der Waals surface area contributed by atoms with Crippen LogP contribution in [0, 0.1) is 10.8 Å². The molecule has 0 bridgehead atoms. The fourth-order valence-electron chi connectivity index (χ4n) is 4.46. The highest BCUT2D eigenvalue weighted by molar-refractivity contribution is 7.90. The van der Waals surface area contributed by atoms with Gasteiger partial charge in [0.15, 0.2) is 0 Å². The number of Topliss-reactive ketones (excluding diaryl/α,β-unsaturated/α-hetero) is 1. The van der Waals surface area contributed by atoms with Crippen LogP contribution in [0.3, 0.4) is 0 Å². The fraction of sp³-hybridized carbons (Fsp3) is 0.714. The van der Waals surface area contributed by atoms with E-state index < -0.39 is 68.2 Å². The van der Waals surface area contributed by atoms with Crippen molar-refractivity contribution in [2.75, 3.05) is 5.75 Å². The summed E-state index contributed by atoms with van der Waals surface area (Å²) < 4.78 is 125. The number of amides is 1. The Morgan fingerprint density at radius 2 is 1.68 bits per heavy atom. The van der Waals surface area contributed by atoms with E-state index in [0.29, 0.717) is 12.5 Å². The van der Waals surface area contributed by atoms with Crippen LogP contribution in [0.2, 0.25) is 0 Å². The number of allylic oxidation sites excluding steroid dienone is 2. The van der Waals surface area contributed by atoms with E-state index in [4.69, 9.17) is 0 Å². The zero-order chi connectivity index (χ0) is 27.0. The van der Waals surface area contributed by atoms with Gasteiger partial charge in [0.1, 0.15) is 5.78 Å². The molecule has 34 heavy (non-hydrogen) atoms. The minimum Gasteiger partial charge on any atom is -0.299 e. The highest BCUT2D eigenvalue weighted by Gasteiger charge is 2.79. The van der Waals surface area contributed by atoms with Gasteiger partial charge in [-0.15, -0.1) is 6.58 Å². The third-order valence-corrected chi connectivity index (χ3v) is 8.05. The van der Waals surface area contributed by atoms with E-state index in [2.05, 4.69) is 6.58 Å². The van der Waals surface area contributed by atoms with Crippen molar-refractivity contribution < 1.29 is 48.7 Å². The molecule has 0 spiro atoms. The Hall–Kier alpha value is -1.92. The van der Waals surface area contributed by atoms with Crippen LogP contribution in [-0.2, 0) is 19.6 Å². The van der Waals surface area contributed by atoms with Gasteiger partial charge in [0.05, 0.1) is 5.75 Å². The molecule has 0 aromatic rings. The number of sulfonamides is 1. The second-order valence-corrected chi connectivity index (χ2v) is 10.7. The quantitative estimate of drug-likeness (QED) is 0.324. The highest BCUT2D eigenvalue weighted by Crippen LogP contribution is 2.55. The molecule has 0 saturated heterocycles. The van der Waals surface area contributed by atoms with Crippen molar-refractivity contribution in [2.45, 2.75) is 76.8 Å². The van der Waals surface area contributed by atoms with Crippen LogP contribution in [0.5, 0.6) is 0 Å². The molecule has 0 aromatic carbocycles. The van der Waals surface area contributed by atoms with Gasteiger partial charge in [0, 0.05) is 18.3 Å². The lowest BCUT2D eigenvalue weighted by Crippen LogP contribution is -2.69. The number of halogens is 7. The first-order valence-electron chi connectivity index (χ1n) is 10.3. The maximum Gasteiger partial charge on any atom is 0.456 e. The van der Waals surface area contributed by atoms with Gasteiger partial charge in [0.2, 0.25) is 21.4 Å². The summed E-state index contributed by atoms with van der Waals surface area (Å²) in [6.07, 6.45) is -7.83. The number of nitrogens with one attached hydrogen (secondary N) is 1. The molecule has 1 rings (SSSR count). The summed E-state index contributed by atoms with van der Waals surface area (Å²) in [5.74, 6) is -10.5. The summed E-state index contributed by atoms with van der Waals surface area (Å²) in [6, 6.07) is 0. The average molecular weight is 524 g/mol. The summed E-state index contributed by atoms with van der Waals surface area (Å²) >= 11 is 0. The van der Waals surface area contributed by atoms with Crippen LogP contribution in [0.1, 0.15) is 53.4 Å². The van der Waals surface area contributed by atoms with Crippen molar-refractivity contribution >= 4 is 21.7 Å². The molecule has 1 fully saturated rings. The molecule has 1 amide bonds. The van der Waals surface area contributed by atoms with Crippen LogP contribution < -0.4 is 4.72 Å². The summed E-state index contributed by atoms with van der Waals surface area (Å²) in [7, 11) is -5.01. The Bertz CT molecular complexity index is 961. The molecule has 13 heteroatoms. The smallest absolute Gasteiger partial charge is 0.299 e. The van der Waals surface area contributed by atoms with Gasteiger partial charge < -0.3 is 0 Å². The zero-order valence-corrected chi connectivity index (χ0v) is 20.0. The molecule has 0 aliphatic heterocycles. The second-order valence-electron chi connectivity index (χ2n) is 9.01. The number of alkyl halides is 7. The number of hydrogen-bond acceptors (Lipinski definition) is 4. The molecule has 5 nitrogen and oxygen atoms in total. The van der Waals surface area contributed by atoms with Crippen LogP contribution in [0.25, 0.3) is 0 Å². The molecule has 1 aliphatic carbocycles. The van der Waals surface area contributed by atoms with Crippen molar-refractivity contribution in [1.82, 2.24) is 4.72 Å². The monoisotopic (exact) mass is 523 g/mol. The standard InChI is InChI=1S/C21H28F7NO4S/c1-6-10-18(22,19(23,11-7-2)20(24,25)21(26,27)28)15(31)29-34(32,33)13-17(8-3)14(30)9-12-16(17,4)5/h6-7,10H,2,8-9,11-13H2,1,3-5H3,(H,29,31)/b10-6+. The van der Waals surface area contributed by atoms with E-state index in [-0.39, 0.29) is 25.0 Å². The van der Waals surface area contributed by atoms with Gasteiger partial charge in [-0.1, -0.05) is 32.9 Å². The molecular weight excluding hydrogens is 495 g/mol. The van der Waals surface area contributed by atoms with Gasteiger partial charge in [-0.3, -0.25) is 9.59 Å². The van der Waals surface area contributed by atoms with E-state index in [0.717, 1.165) is 11.6 Å². The summed E-state index contributed by atoms with van der Waals surface area (Å²) in [5.41, 5.74) is -12.5. The molecule has 3 atom stereocenters. The Balaban J connectivity index is 3.57. The predicted molar refractivity (Wildman–Crippen MR) is 111 cm³/mol. The molecule has 196 valence electrons. The lowest BCUT2D eigenvalue weighted by molar-refractivity contribution is -0.339. The number of ketones is 1. The lowest BCUT2D eigenvalue weighted by atomic mass is 9.67. The van der Waals surface area contributed by atoms with Crippen LogP contribution in [0.15, 0.2) is 24.8 Å². The number of hydrogen-bond donors (Lipinski definition) is 1. The van der Waals surface area contributed by atoms with Crippen LogP contribution >= 0.6 is 0 Å². The normalized spacial score (nSPS) is 25.1.